The first-order valence-corrected chi connectivity index (χ1v) is 15.4. The zero-order chi connectivity index (χ0) is 26.8. The molecule has 7 nitrogen and oxygen atoms in total. The number of pyridine rings is 1. The fourth-order valence-electron chi connectivity index (χ4n) is 3.85. The fraction of sp³-hybridized carbons (Fsp3) is 0.310. The number of hydrogen-bond donors (Lipinski definition) is 2. The molecule has 8 heteroatoms. The van der Waals surface area contributed by atoms with Crippen molar-refractivity contribution in [1.29, 1.82) is 0 Å². The summed E-state index contributed by atoms with van der Waals surface area (Å²) in [5.74, 6) is -0.264. The lowest BCUT2D eigenvalue weighted by molar-refractivity contribution is 0.0954. The summed E-state index contributed by atoms with van der Waals surface area (Å²) in [5.41, 5.74) is 9.38. The summed E-state index contributed by atoms with van der Waals surface area (Å²) in [7, 11) is -1.79. The maximum Gasteiger partial charge on any atom is 0.265 e. The standard InChI is InChI=1S/C29H35N4O3Si/c1-29(2,3)37(4,5)36-17-7-6-15-31-27(34)23-12-9-16-33-26(23)32-25-14-13-21(19-24(25)28(33)35)20-10-8-11-22(30)18-20/h7-14,16,18-19H,6,15,17,30H2,1-5H3,(H,31,34). The number of aromatic nitrogens is 2. The number of hydrogen-bond acceptors (Lipinski definition) is 5. The molecule has 3 N–H and O–H groups in total. The van der Waals surface area contributed by atoms with Crippen LogP contribution in [0.3, 0.4) is 0 Å². The van der Waals surface area contributed by atoms with E-state index < -0.39 is 8.32 Å². The normalized spacial score (nSPS) is 12.2. The smallest absolute Gasteiger partial charge is 0.265 e. The number of benzene rings is 2. The van der Waals surface area contributed by atoms with Gasteiger partial charge in [-0.3, -0.25) is 14.0 Å². The first kappa shape index (κ1) is 26.6. The second kappa shape index (κ2) is 10.5. The maximum absolute atomic E-state index is 13.3. The van der Waals surface area contributed by atoms with E-state index in [0.717, 1.165) is 11.1 Å². The van der Waals surface area contributed by atoms with Crippen molar-refractivity contribution >= 4 is 36.5 Å². The molecule has 37 heavy (non-hydrogen) atoms. The molecule has 0 spiro atoms. The molecule has 0 saturated heterocycles. The fourth-order valence-corrected chi connectivity index (χ4v) is 4.82. The molecular weight excluding hydrogens is 480 g/mol. The monoisotopic (exact) mass is 515 g/mol. The summed E-state index contributed by atoms with van der Waals surface area (Å²) >= 11 is 0. The van der Waals surface area contributed by atoms with Crippen LogP contribution >= 0.6 is 0 Å². The number of fused-ring (bicyclic) bond motifs is 2. The molecule has 2 heterocycles. The molecule has 1 radical (unpaired) electrons. The van der Waals surface area contributed by atoms with E-state index in [4.69, 9.17) is 10.2 Å². The molecule has 0 aliphatic rings. The summed E-state index contributed by atoms with van der Waals surface area (Å²) < 4.78 is 7.59. The van der Waals surface area contributed by atoms with E-state index in [1.54, 1.807) is 24.4 Å². The van der Waals surface area contributed by atoms with Gasteiger partial charge in [-0.2, -0.15) is 0 Å². The van der Waals surface area contributed by atoms with Crippen molar-refractivity contribution in [3.8, 4) is 11.1 Å². The van der Waals surface area contributed by atoms with Gasteiger partial charge in [0.15, 0.2) is 14.0 Å². The van der Waals surface area contributed by atoms with Crippen molar-refractivity contribution in [3.63, 3.8) is 0 Å². The Morgan fingerprint density at radius 2 is 1.86 bits per heavy atom. The summed E-state index contributed by atoms with van der Waals surface area (Å²) in [6.45, 7) is 12.1. The number of rotatable bonds is 8. The average molecular weight is 516 g/mol. The van der Waals surface area contributed by atoms with Gasteiger partial charge in [0.2, 0.25) is 0 Å². The number of nitrogens with zero attached hydrogens (tertiary/aromatic N) is 2. The van der Waals surface area contributed by atoms with Crippen molar-refractivity contribution in [2.45, 2.75) is 45.3 Å². The van der Waals surface area contributed by atoms with Gasteiger partial charge in [0.1, 0.15) is 0 Å². The molecule has 0 bridgehead atoms. The number of nitrogen functional groups attached to an aromatic ring is 1. The molecule has 2 aromatic heterocycles. The largest absolute Gasteiger partial charge is 0.417 e. The highest BCUT2D eigenvalue weighted by atomic mass is 28.4. The Labute approximate surface area is 218 Å². The van der Waals surface area contributed by atoms with E-state index >= 15 is 0 Å². The van der Waals surface area contributed by atoms with E-state index in [1.807, 2.05) is 36.4 Å². The zero-order valence-corrected chi connectivity index (χ0v) is 23.2. The van der Waals surface area contributed by atoms with Crippen molar-refractivity contribution < 1.29 is 9.22 Å². The van der Waals surface area contributed by atoms with Crippen LogP contribution in [0.25, 0.3) is 27.7 Å². The Morgan fingerprint density at radius 1 is 1.11 bits per heavy atom. The molecule has 0 atom stereocenters. The van der Waals surface area contributed by atoms with E-state index in [2.05, 4.69) is 50.6 Å². The molecule has 1 amide bonds. The maximum atomic E-state index is 13.3. The quantitative estimate of drug-likeness (QED) is 0.141. The lowest BCUT2D eigenvalue weighted by atomic mass is 10.0. The molecule has 4 rings (SSSR count). The highest BCUT2D eigenvalue weighted by molar-refractivity contribution is 6.74. The lowest BCUT2D eigenvalue weighted by Crippen LogP contribution is -2.41. The van der Waals surface area contributed by atoms with E-state index in [0.29, 0.717) is 47.4 Å². The van der Waals surface area contributed by atoms with Crippen molar-refractivity contribution in [2.24, 2.45) is 0 Å². The van der Waals surface area contributed by atoms with Crippen molar-refractivity contribution in [3.05, 3.63) is 83.1 Å². The Balaban J connectivity index is 1.49. The van der Waals surface area contributed by atoms with E-state index in [1.165, 1.54) is 4.40 Å². The Kier molecular flexibility index (Phi) is 7.52. The van der Waals surface area contributed by atoms with Gasteiger partial charge in [0, 0.05) is 25.0 Å². The van der Waals surface area contributed by atoms with Gasteiger partial charge in [-0.25, -0.2) is 4.98 Å². The van der Waals surface area contributed by atoms with Gasteiger partial charge in [-0.15, -0.1) is 0 Å². The van der Waals surface area contributed by atoms with Crippen LogP contribution in [0.4, 0.5) is 5.69 Å². The summed E-state index contributed by atoms with van der Waals surface area (Å²) in [6.07, 6.45) is 4.38. The molecule has 4 aromatic rings. The van der Waals surface area contributed by atoms with Crippen LogP contribution in [0.2, 0.25) is 18.1 Å². The second-order valence-corrected chi connectivity index (χ2v) is 15.6. The minimum atomic E-state index is -1.79. The number of anilines is 1. The second-order valence-electron chi connectivity index (χ2n) is 10.8. The first-order chi connectivity index (χ1) is 17.5. The number of carbonyl (C=O) groups excluding carboxylic acids is 1. The highest BCUT2D eigenvalue weighted by Gasteiger charge is 2.36. The Morgan fingerprint density at radius 3 is 2.59 bits per heavy atom. The van der Waals surface area contributed by atoms with Crippen LogP contribution in [-0.2, 0) is 4.43 Å². The molecule has 193 valence electrons. The van der Waals surface area contributed by atoms with Crippen LogP contribution in [0.1, 0.15) is 37.6 Å². The molecule has 0 fully saturated rings. The van der Waals surface area contributed by atoms with Crippen LogP contribution in [0, 0.1) is 6.42 Å². The van der Waals surface area contributed by atoms with Gasteiger partial charge < -0.3 is 15.5 Å². The molecule has 0 aliphatic heterocycles. The van der Waals surface area contributed by atoms with Crippen LogP contribution in [0.15, 0.2) is 65.6 Å². The van der Waals surface area contributed by atoms with Gasteiger partial charge in [0.05, 0.1) is 16.5 Å². The summed E-state index contributed by atoms with van der Waals surface area (Å²) in [6, 6.07) is 16.4. The Hall–Kier alpha value is -3.49. The minimum absolute atomic E-state index is 0.162. The number of nitrogens with one attached hydrogen (secondary N) is 1. The van der Waals surface area contributed by atoms with Gasteiger partial charge in [-0.1, -0.05) is 39.0 Å². The van der Waals surface area contributed by atoms with E-state index in [9.17, 15) is 9.59 Å². The highest BCUT2D eigenvalue weighted by Crippen LogP contribution is 2.36. The number of nitrogens with two attached hydrogens (primary N) is 1. The number of carbonyl (C=O) groups is 1. The number of amides is 1. The van der Waals surface area contributed by atoms with E-state index in [-0.39, 0.29) is 16.5 Å². The predicted molar refractivity (Wildman–Crippen MR) is 153 cm³/mol. The van der Waals surface area contributed by atoms with Crippen LogP contribution < -0.4 is 16.6 Å². The van der Waals surface area contributed by atoms with Gasteiger partial charge in [-0.05, 0) is 78.5 Å². The molecule has 0 unspecified atom stereocenters. The molecular formula is C29H35N4O3Si. The lowest BCUT2D eigenvalue weighted by Gasteiger charge is -2.36. The first-order valence-electron chi connectivity index (χ1n) is 12.5. The third kappa shape index (κ3) is 5.75. The SMILES string of the molecule is CC(C)(C)[Si](C)(C)OC[CH]CCNC(=O)c1cccn2c(=O)c3cc(-c4cccc(N)c4)ccc3nc12. The Bertz CT molecular complexity index is 1510. The minimum Gasteiger partial charge on any atom is -0.417 e. The number of unbranched alkanes of at least 4 members (excludes halogenated alkanes) is 1. The summed E-state index contributed by atoms with van der Waals surface area (Å²) in [5, 5.41) is 3.58. The average Bonchev–Trinajstić information content (AvgIpc) is 2.85. The van der Waals surface area contributed by atoms with Crippen molar-refractivity contribution in [1.82, 2.24) is 14.7 Å². The molecule has 0 aliphatic carbocycles. The predicted octanol–water partition coefficient (Wildman–Crippen LogP) is 5.44. The molecule has 2 aromatic carbocycles. The van der Waals surface area contributed by atoms with Crippen LogP contribution in [0.5, 0.6) is 0 Å². The molecule has 0 saturated carbocycles. The van der Waals surface area contributed by atoms with Gasteiger partial charge >= 0.3 is 0 Å². The van der Waals surface area contributed by atoms with Gasteiger partial charge in [0.25, 0.3) is 11.5 Å². The third-order valence-corrected chi connectivity index (χ3v) is 11.6. The summed E-state index contributed by atoms with van der Waals surface area (Å²) in [4.78, 5) is 31.0. The van der Waals surface area contributed by atoms with Crippen molar-refractivity contribution in [2.75, 3.05) is 18.9 Å². The third-order valence-electron chi connectivity index (χ3n) is 7.11. The topological polar surface area (TPSA) is 98.7 Å². The van der Waals surface area contributed by atoms with Crippen LogP contribution in [-0.4, -0.2) is 36.8 Å². The zero-order valence-electron chi connectivity index (χ0n) is 22.2.